The van der Waals surface area contributed by atoms with Crippen molar-refractivity contribution in [2.45, 2.75) is 6.18 Å². The first kappa shape index (κ1) is 11.3. The number of rotatable bonds is 1. The summed E-state index contributed by atoms with van der Waals surface area (Å²) in [5, 5.41) is 8.50. The molecule has 1 heterocycles. The molecule has 0 bridgehead atoms. The van der Waals surface area contributed by atoms with E-state index in [0.717, 1.165) is 7.05 Å². The summed E-state index contributed by atoms with van der Waals surface area (Å²) in [6.07, 6.45) is -4.12. The predicted octanol–water partition coefficient (Wildman–Crippen LogP) is 1.10. The zero-order valence-corrected chi connectivity index (χ0v) is 7.50. The average Bonchev–Trinajstić information content (AvgIpc) is 2.06. The fourth-order valence-corrected chi connectivity index (χ4v) is 1.02. The van der Waals surface area contributed by atoms with Crippen LogP contribution < -0.4 is 5.56 Å². The number of aromatic nitrogens is 1. The van der Waals surface area contributed by atoms with Gasteiger partial charge in [0, 0.05) is 13.2 Å². The van der Waals surface area contributed by atoms with Gasteiger partial charge >= 0.3 is 12.1 Å². The minimum Gasteiger partial charge on any atom is -0.477 e. The SMILES string of the molecule is Cn1cc(C(F)(F)F)cc(C(=O)O)c1=O. The Hall–Kier alpha value is -1.79. The van der Waals surface area contributed by atoms with Gasteiger partial charge in [0.1, 0.15) is 5.56 Å². The van der Waals surface area contributed by atoms with Crippen molar-refractivity contribution in [1.82, 2.24) is 4.57 Å². The van der Waals surface area contributed by atoms with Crippen LogP contribution in [-0.4, -0.2) is 15.6 Å². The third-order valence-corrected chi connectivity index (χ3v) is 1.74. The first-order valence-electron chi connectivity index (χ1n) is 3.74. The Morgan fingerprint density at radius 3 is 2.40 bits per heavy atom. The van der Waals surface area contributed by atoms with Gasteiger partial charge in [0.25, 0.3) is 5.56 Å². The van der Waals surface area contributed by atoms with Gasteiger partial charge in [-0.1, -0.05) is 0 Å². The Balaban J connectivity index is 3.50. The molecule has 0 amide bonds. The van der Waals surface area contributed by atoms with Crippen molar-refractivity contribution in [3.8, 4) is 0 Å². The summed E-state index contributed by atoms with van der Waals surface area (Å²) >= 11 is 0. The maximum atomic E-state index is 12.2. The maximum absolute atomic E-state index is 12.2. The van der Waals surface area contributed by atoms with Crippen LogP contribution >= 0.6 is 0 Å². The normalized spacial score (nSPS) is 11.5. The number of carboxylic acid groups (broad SMARTS) is 1. The highest BCUT2D eigenvalue weighted by Gasteiger charge is 2.32. The van der Waals surface area contributed by atoms with Crippen LogP contribution in [-0.2, 0) is 13.2 Å². The lowest BCUT2D eigenvalue weighted by Crippen LogP contribution is -2.26. The van der Waals surface area contributed by atoms with Crippen LogP contribution in [0.3, 0.4) is 0 Å². The molecule has 15 heavy (non-hydrogen) atoms. The Morgan fingerprint density at radius 2 is 2.00 bits per heavy atom. The molecule has 0 saturated carbocycles. The van der Waals surface area contributed by atoms with Gasteiger partial charge in [0.2, 0.25) is 0 Å². The maximum Gasteiger partial charge on any atom is 0.417 e. The molecule has 0 saturated heterocycles. The molecule has 0 spiro atoms. The predicted molar refractivity (Wildman–Crippen MR) is 43.6 cm³/mol. The fraction of sp³-hybridized carbons (Fsp3) is 0.250. The highest BCUT2D eigenvalue weighted by molar-refractivity contribution is 5.87. The Labute approximate surface area is 81.6 Å². The number of carbonyl (C=O) groups is 1. The molecule has 1 N–H and O–H groups in total. The van der Waals surface area contributed by atoms with Crippen LogP contribution in [0.25, 0.3) is 0 Å². The molecule has 0 aromatic carbocycles. The van der Waals surface area contributed by atoms with Gasteiger partial charge in [-0.2, -0.15) is 13.2 Å². The van der Waals surface area contributed by atoms with E-state index in [9.17, 15) is 22.8 Å². The van der Waals surface area contributed by atoms with E-state index >= 15 is 0 Å². The summed E-state index contributed by atoms with van der Waals surface area (Å²) in [7, 11) is 1.06. The van der Waals surface area contributed by atoms with Crippen molar-refractivity contribution in [3.63, 3.8) is 0 Å². The molecule has 0 unspecified atom stereocenters. The van der Waals surface area contributed by atoms with Gasteiger partial charge in [-0.3, -0.25) is 4.79 Å². The third-order valence-electron chi connectivity index (χ3n) is 1.74. The van der Waals surface area contributed by atoms with Crippen LogP contribution in [0, 0.1) is 0 Å². The van der Waals surface area contributed by atoms with Gasteiger partial charge in [0.15, 0.2) is 0 Å². The number of aryl methyl sites for hydroxylation is 1. The number of halogens is 3. The topological polar surface area (TPSA) is 59.3 Å². The number of carboxylic acids is 1. The largest absolute Gasteiger partial charge is 0.477 e. The van der Waals surface area contributed by atoms with Crippen molar-refractivity contribution >= 4 is 5.97 Å². The molecule has 4 nitrogen and oxygen atoms in total. The van der Waals surface area contributed by atoms with Gasteiger partial charge in [-0.05, 0) is 6.07 Å². The third kappa shape index (κ3) is 2.17. The van der Waals surface area contributed by atoms with E-state index in [1.165, 1.54) is 0 Å². The summed E-state index contributed by atoms with van der Waals surface area (Å²) in [6, 6.07) is 0.324. The van der Waals surface area contributed by atoms with E-state index in [0.29, 0.717) is 16.8 Å². The number of nitrogens with zero attached hydrogens (tertiary/aromatic N) is 1. The van der Waals surface area contributed by atoms with Gasteiger partial charge in [-0.25, -0.2) is 4.79 Å². The highest BCUT2D eigenvalue weighted by Crippen LogP contribution is 2.28. The van der Waals surface area contributed by atoms with Gasteiger partial charge in [-0.15, -0.1) is 0 Å². The summed E-state index contributed by atoms with van der Waals surface area (Å²) in [6.45, 7) is 0. The molecule has 7 heteroatoms. The average molecular weight is 221 g/mol. The number of pyridine rings is 1. The van der Waals surface area contributed by atoms with Crippen molar-refractivity contribution in [3.05, 3.63) is 33.7 Å². The Bertz CT molecular complexity index is 461. The monoisotopic (exact) mass is 221 g/mol. The van der Waals surface area contributed by atoms with Crippen LogP contribution in [0.15, 0.2) is 17.1 Å². The van der Waals surface area contributed by atoms with Crippen molar-refractivity contribution in [2.75, 3.05) is 0 Å². The van der Waals surface area contributed by atoms with Crippen molar-refractivity contribution < 1.29 is 23.1 Å². The quantitative estimate of drug-likeness (QED) is 0.772. The molecule has 0 aliphatic heterocycles. The van der Waals surface area contributed by atoms with Crippen LogP contribution in [0.1, 0.15) is 15.9 Å². The van der Waals surface area contributed by atoms with Gasteiger partial charge < -0.3 is 9.67 Å². The summed E-state index contributed by atoms with van der Waals surface area (Å²) < 4.78 is 37.3. The molecule has 0 aliphatic carbocycles. The second-order valence-corrected chi connectivity index (χ2v) is 2.86. The number of hydrogen-bond acceptors (Lipinski definition) is 2. The van der Waals surface area contributed by atoms with E-state index in [2.05, 4.69) is 0 Å². The lowest BCUT2D eigenvalue weighted by atomic mass is 10.2. The lowest BCUT2D eigenvalue weighted by Gasteiger charge is -2.08. The van der Waals surface area contributed by atoms with Crippen LogP contribution in [0.4, 0.5) is 13.2 Å². The van der Waals surface area contributed by atoms with Crippen LogP contribution in [0.2, 0.25) is 0 Å². The van der Waals surface area contributed by atoms with E-state index in [4.69, 9.17) is 5.11 Å². The Kier molecular flexibility index (Phi) is 2.57. The summed E-state index contributed by atoms with van der Waals surface area (Å²) in [5.41, 5.74) is -3.04. The second kappa shape index (κ2) is 3.41. The number of aromatic carboxylic acids is 1. The molecule has 1 aromatic rings. The number of alkyl halides is 3. The minimum absolute atomic E-state index is 0.324. The molecule has 0 aliphatic rings. The van der Waals surface area contributed by atoms with Gasteiger partial charge in [0.05, 0.1) is 5.56 Å². The highest BCUT2D eigenvalue weighted by atomic mass is 19.4. The molecule has 1 aromatic heterocycles. The van der Waals surface area contributed by atoms with Crippen molar-refractivity contribution in [2.24, 2.45) is 7.05 Å². The fourth-order valence-electron chi connectivity index (χ4n) is 1.02. The van der Waals surface area contributed by atoms with E-state index in [1.807, 2.05) is 0 Å². The molecule has 1 rings (SSSR count). The molecule has 0 radical (unpaired) electrons. The second-order valence-electron chi connectivity index (χ2n) is 2.86. The summed E-state index contributed by atoms with van der Waals surface area (Å²) in [4.78, 5) is 21.6. The molecule has 0 atom stereocenters. The molecular weight excluding hydrogens is 215 g/mol. The zero-order chi connectivity index (χ0) is 11.8. The van der Waals surface area contributed by atoms with E-state index in [-0.39, 0.29) is 0 Å². The van der Waals surface area contributed by atoms with E-state index in [1.54, 1.807) is 0 Å². The first-order chi connectivity index (χ1) is 6.73. The lowest BCUT2D eigenvalue weighted by molar-refractivity contribution is -0.138. The smallest absolute Gasteiger partial charge is 0.417 e. The van der Waals surface area contributed by atoms with E-state index < -0.39 is 28.8 Å². The van der Waals surface area contributed by atoms with Crippen LogP contribution in [0.5, 0.6) is 0 Å². The standard InChI is InChI=1S/C8H6F3NO3/c1-12-3-4(8(9,10)11)2-5(6(12)13)7(14)15/h2-3H,1H3,(H,14,15). The number of hydrogen-bond donors (Lipinski definition) is 1. The van der Waals surface area contributed by atoms with Crippen molar-refractivity contribution in [1.29, 1.82) is 0 Å². The Morgan fingerprint density at radius 1 is 1.47 bits per heavy atom. The minimum atomic E-state index is -4.67. The zero-order valence-electron chi connectivity index (χ0n) is 7.50. The molecule has 82 valence electrons. The summed E-state index contributed by atoms with van der Waals surface area (Å²) in [5.74, 6) is -1.68. The molecular formula is C8H6F3NO3. The molecule has 0 fully saturated rings. The first-order valence-corrected chi connectivity index (χ1v) is 3.74.